The van der Waals surface area contributed by atoms with E-state index >= 15 is 0 Å². The first-order chi connectivity index (χ1) is 25.5. The van der Waals surface area contributed by atoms with Crippen LogP contribution in [0.2, 0.25) is 0 Å². The summed E-state index contributed by atoms with van der Waals surface area (Å²) in [5.74, 6) is 1.27. The van der Waals surface area contributed by atoms with Crippen LogP contribution in [0.1, 0.15) is 31.9 Å². The van der Waals surface area contributed by atoms with Crippen LogP contribution in [0.15, 0.2) is 143 Å². The van der Waals surface area contributed by atoms with Crippen molar-refractivity contribution in [2.24, 2.45) is 20.5 Å². The van der Waals surface area contributed by atoms with Crippen molar-refractivity contribution in [3.8, 4) is 11.5 Å². The Balaban J connectivity index is 0.000000749. The van der Waals surface area contributed by atoms with Gasteiger partial charge >= 0.3 is 0 Å². The molecule has 284 valence electrons. The Morgan fingerprint density at radius 3 is 1.17 bits per heavy atom. The fourth-order valence-electron chi connectivity index (χ4n) is 3.60. The molecule has 0 spiro atoms. The molecule has 0 aliphatic heterocycles. The second-order valence-electron chi connectivity index (χ2n) is 10.5. The predicted molar refractivity (Wildman–Crippen MR) is 222 cm³/mol. The number of benzene rings is 4. The topological polar surface area (TPSA) is 105 Å². The van der Waals surface area contributed by atoms with Crippen LogP contribution in [0.4, 0.5) is 22.7 Å². The van der Waals surface area contributed by atoms with Crippen LogP contribution in [0, 0.1) is 13.8 Å². The number of hydrogen-bond donors (Lipinski definition) is 0. The Morgan fingerprint density at radius 2 is 0.925 bits per heavy atom. The average Bonchev–Trinajstić information content (AvgIpc) is 3.19. The van der Waals surface area contributed by atoms with Gasteiger partial charge in [0.25, 0.3) is 0 Å². The van der Waals surface area contributed by atoms with Crippen LogP contribution >= 0.6 is 34.8 Å². The van der Waals surface area contributed by atoms with Crippen LogP contribution < -0.4 is 9.47 Å². The quantitative estimate of drug-likeness (QED) is 0.0581. The molecule has 12 heteroatoms. The minimum atomic E-state index is -0.509. The summed E-state index contributed by atoms with van der Waals surface area (Å²) in [4.78, 5) is 22.9. The van der Waals surface area contributed by atoms with Crippen molar-refractivity contribution in [1.29, 1.82) is 0 Å². The van der Waals surface area contributed by atoms with Crippen LogP contribution in [0.25, 0.3) is 0 Å². The third-order valence-corrected chi connectivity index (χ3v) is 6.80. The minimum absolute atomic E-state index is 0.00622. The van der Waals surface area contributed by atoms with Gasteiger partial charge in [-0.1, -0.05) is 69.3 Å². The summed E-state index contributed by atoms with van der Waals surface area (Å²) in [7, 11) is 1.64. The number of carbonyl (C=O) groups is 2. The van der Waals surface area contributed by atoms with E-state index in [1.54, 1.807) is 31.4 Å². The summed E-state index contributed by atoms with van der Waals surface area (Å²) in [5, 5.41) is 16.3. The first kappa shape index (κ1) is 48.3. The van der Waals surface area contributed by atoms with Crippen molar-refractivity contribution < 1.29 is 19.1 Å². The Hall–Kier alpha value is -4.67. The second kappa shape index (κ2) is 30.9. The number of aryl methyl sites for hydroxylation is 2. The first-order valence-corrected chi connectivity index (χ1v) is 18.1. The zero-order chi connectivity index (χ0) is 39.9. The van der Waals surface area contributed by atoms with Crippen molar-refractivity contribution in [3.63, 3.8) is 0 Å². The van der Waals surface area contributed by atoms with E-state index < -0.39 is 5.24 Å². The number of rotatable bonds is 13. The molecule has 0 aromatic heterocycles. The van der Waals surface area contributed by atoms with Crippen LogP contribution in [-0.2, 0) is 9.59 Å². The maximum atomic E-state index is 11.1. The lowest BCUT2D eigenvalue weighted by molar-refractivity contribution is -0.116. The van der Waals surface area contributed by atoms with E-state index in [9.17, 15) is 9.59 Å². The van der Waals surface area contributed by atoms with Gasteiger partial charge in [-0.3, -0.25) is 9.59 Å². The number of ketones is 1. The largest absolute Gasteiger partial charge is 0.497 e. The van der Waals surface area contributed by atoms with Crippen molar-refractivity contribution in [1.82, 2.24) is 4.90 Å². The minimum Gasteiger partial charge on any atom is -0.497 e. The Bertz CT molecular complexity index is 1640. The van der Waals surface area contributed by atoms with Gasteiger partial charge in [0.1, 0.15) is 11.5 Å². The number of allylic oxidation sites excluding steroid dienone is 1. The summed E-state index contributed by atoms with van der Waals surface area (Å²) < 4.78 is 10.4. The molecular formula is C41H50Cl3N5O4. The molecule has 0 fully saturated rings. The third kappa shape index (κ3) is 25.0. The summed E-state index contributed by atoms with van der Waals surface area (Å²) >= 11 is 14.2. The number of methoxy groups -OCH3 is 1. The highest BCUT2D eigenvalue weighted by Crippen LogP contribution is 2.22. The van der Waals surface area contributed by atoms with Gasteiger partial charge in [-0.15, -0.1) is 23.2 Å². The lowest BCUT2D eigenvalue weighted by Gasteiger charge is -2.13. The number of carbonyl (C=O) groups excluding carboxylic acids is 2. The molecular weight excluding hydrogens is 733 g/mol. The standard InChI is InChI=1S/C17H16N2O2.C14H14N2O.C6H15N.C3H3ClO.CH2Cl2/c1-3-16(20)12-21-17-10-8-15(9-11-17)19-18-14-6-4-13(2)5-7-14;1-11-3-5-12(6-4-11)15-16-13-7-9-14(17-2)10-8-13;1-4-7(5-2)6-3;1-2-3(4)5;2-1-3/h3-11H,1,12H2,2H3;3-10H,1-2H3;4-6H2,1-3H3;2H,1H2;1H2. The summed E-state index contributed by atoms with van der Waals surface area (Å²) in [6, 6.07) is 30.3. The van der Waals surface area contributed by atoms with E-state index in [1.807, 2.05) is 86.6 Å². The normalized spacial score (nSPS) is 9.92. The molecule has 0 amide bonds. The Morgan fingerprint density at radius 1 is 0.623 bits per heavy atom. The van der Waals surface area contributed by atoms with E-state index in [1.165, 1.54) is 36.8 Å². The van der Waals surface area contributed by atoms with Crippen LogP contribution in [0.3, 0.4) is 0 Å². The number of ether oxygens (including phenoxy) is 2. The van der Waals surface area contributed by atoms with E-state index in [2.05, 4.69) is 59.3 Å². The highest BCUT2D eigenvalue weighted by atomic mass is 35.5. The smallest absolute Gasteiger partial charge is 0.244 e. The van der Waals surface area contributed by atoms with E-state index in [0.717, 1.165) is 34.6 Å². The van der Waals surface area contributed by atoms with Gasteiger partial charge in [0, 0.05) is 0 Å². The molecule has 0 radical (unpaired) electrons. The molecule has 0 bridgehead atoms. The van der Waals surface area contributed by atoms with Crippen LogP contribution in [0.5, 0.6) is 11.5 Å². The number of halogens is 3. The predicted octanol–water partition coefficient (Wildman–Crippen LogP) is 12.7. The zero-order valence-electron chi connectivity index (χ0n) is 31.3. The molecule has 4 aromatic carbocycles. The van der Waals surface area contributed by atoms with Gasteiger partial charge in [0.2, 0.25) is 5.24 Å². The van der Waals surface area contributed by atoms with E-state index in [4.69, 9.17) is 44.3 Å². The molecule has 0 saturated heterocycles. The highest BCUT2D eigenvalue weighted by molar-refractivity contribution is 6.66. The maximum absolute atomic E-state index is 11.1. The second-order valence-corrected chi connectivity index (χ2v) is 11.6. The molecule has 4 aromatic rings. The molecule has 0 N–H and O–H groups in total. The van der Waals surface area contributed by atoms with Crippen molar-refractivity contribution in [3.05, 3.63) is 133 Å². The van der Waals surface area contributed by atoms with Crippen molar-refractivity contribution >= 4 is 68.6 Å². The van der Waals surface area contributed by atoms with Crippen LogP contribution in [-0.4, -0.2) is 54.6 Å². The molecule has 0 unspecified atom stereocenters. The molecule has 0 heterocycles. The average molecular weight is 783 g/mol. The van der Waals surface area contributed by atoms with Gasteiger partial charge < -0.3 is 14.4 Å². The van der Waals surface area contributed by atoms with Crippen molar-refractivity contribution in [2.45, 2.75) is 34.6 Å². The number of alkyl halides is 2. The van der Waals surface area contributed by atoms with Gasteiger partial charge in [-0.25, -0.2) is 0 Å². The summed E-state index contributed by atoms with van der Waals surface area (Å²) in [6.45, 7) is 20.7. The third-order valence-electron chi connectivity index (χ3n) is 6.65. The highest BCUT2D eigenvalue weighted by Gasteiger charge is 1.99. The molecule has 9 nitrogen and oxygen atoms in total. The SMILES string of the molecule is C=CC(=O)COc1ccc(N=Nc2ccc(C)cc2)cc1.C=CC(=O)Cl.CCN(CC)CC.COc1ccc(N=Nc2ccc(C)cc2)cc1.ClCCl. The molecule has 53 heavy (non-hydrogen) atoms. The van der Waals surface area contributed by atoms with E-state index in [-0.39, 0.29) is 17.7 Å². The monoisotopic (exact) mass is 781 g/mol. The zero-order valence-corrected chi connectivity index (χ0v) is 33.6. The number of azo groups is 2. The molecule has 0 saturated carbocycles. The van der Waals surface area contributed by atoms with Gasteiger partial charge in [0.05, 0.1) is 35.2 Å². The Kier molecular flexibility index (Phi) is 28.2. The van der Waals surface area contributed by atoms with Crippen molar-refractivity contribution in [2.75, 3.05) is 38.7 Å². The lowest BCUT2D eigenvalue weighted by atomic mass is 10.2. The Labute approximate surface area is 330 Å². The molecule has 0 aliphatic carbocycles. The molecule has 4 rings (SSSR count). The first-order valence-electron chi connectivity index (χ1n) is 16.6. The van der Waals surface area contributed by atoms with Gasteiger partial charge in [-0.2, -0.15) is 20.5 Å². The molecule has 0 atom stereocenters. The molecule has 0 aliphatic rings. The van der Waals surface area contributed by atoms with Gasteiger partial charge in [0.15, 0.2) is 12.4 Å². The maximum Gasteiger partial charge on any atom is 0.244 e. The summed E-state index contributed by atoms with van der Waals surface area (Å²) in [6.07, 6.45) is 2.28. The lowest BCUT2D eigenvalue weighted by Crippen LogP contribution is -2.21. The number of hydrogen-bond acceptors (Lipinski definition) is 9. The fraction of sp³-hybridized carbons (Fsp3) is 0.268. The van der Waals surface area contributed by atoms with Gasteiger partial charge in [-0.05, 0) is 130 Å². The number of nitrogens with zero attached hydrogens (tertiary/aromatic N) is 5. The van der Waals surface area contributed by atoms with E-state index in [0.29, 0.717) is 5.75 Å². The summed E-state index contributed by atoms with van der Waals surface area (Å²) in [5.41, 5.74) is 5.59. The fourth-order valence-corrected chi connectivity index (χ4v) is 3.60.